The SMILES string of the molecule is COc1cccc(C2C(NC(=O)C3CCCC3O)CCN2C2CC2)c1. The summed E-state index contributed by atoms with van der Waals surface area (Å²) >= 11 is 0. The Kier molecular flexibility index (Phi) is 4.69. The van der Waals surface area contributed by atoms with Crippen LogP contribution in [0.1, 0.15) is 50.1 Å². The molecule has 3 fully saturated rings. The van der Waals surface area contributed by atoms with Crippen molar-refractivity contribution in [1.82, 2.24) is 10.2 Å². The van der Waals surface area contributed by atoms with Crippen LogP contribution in [0.5, 0.6) is 5.75 Å². The molecule has 5 heteroatoms. The Balaban J connectivity index is 1.54. The number of carbonyl (C=O) groups excluding carboxylic acids is 1. The number of methoxy groups -OCH3 is 1. The van der Waals surface area contributed by atoms with E-state index in [2.05, 4.69) is 22.3 Å². The molecule has 25 heavy (non-hydrogen) atoms. The van der Waals surface area contributed by atoms with Gasteiger partial charge in [0, 0.05) is 18.6 Å². The summed E-state index contributed by atoms with van der Waals surface area (Å²) in [7, 11) is 1.69. The minimum atomic E-state index is -0.476. The van der Waals surface area contributed by atoms with Crippen LogP contribution in [-0.4, -0.2) is 47.8 Å². The quantitative estimate of drug-likeness (QED) is 0.860. The zero-order valence-electron chi connectivity index (χ0n) is 14.9. The Hall–Kier alpha value is -1.59. The van der Waals surface area contributed by atoms with Crippen molar-refractivity contribution < 1.29 is 14.6 Å². The number of nitrogens with zero attached hydrogens (tertiary/aromatic N) is 1. The number of aliphatic hydroxyl groups is 1. The summed E-state index contributed by atoms with van der Waals surface area (Å²) < 4.78 is 5.40. The number of benzene rings is 1. The molecule has 4 atom stereocenters. The monoisotopic (exact) mass is 344 g/mol. The van der Waals surface area contributed by atoms with Crippen LogP contribution < -0.4 is 10.1 Å². The highest BCUT2D eigenvalue weighted by Gasteiger charge is 2.44. The van der Waals surface area contributed by atoms with Crippen LogP contribution in [0.25, 0.3) is 0 Å². The molecule has 3 aliphatic rings. The number of hydrogen-bond acceptors (Lipinski definition) is 4. The molecule has 0 radical (unpaired) electrons. The molecule has 1 aromatic rings. The van der Waals surface area contributed by atoms with Crippen LogP contribution >= 0.6 is 0 Å². The number of amides is 1. The Morgan fingerprint density at radius 1 is 1.24 bits per heavy atom. The molecule has 0 spiro atoms. The lowest BCUT2D eigenvalue weighted by molar-refractivity contribution is -0.128. The smallest absolute Gasteiger partial charge is 0.226 e. The molecule has 2 N–H and O–H groups in total. The van der Waals surface area contributed by atoms with Gasteiger partial charge in [-0.15, -0.1) is 0 Å². The third-order valence-corrected chi connectivity index (χ3v) is 6.03. The molecule has 2 saturated carbocycles. The van der Waals surface area contributed by atoms with Crippen molar-refractivity contribution in [2.45, 2.75) is 62.8 Å². The summed E-state index contributed by atoms with van der Waals surface area (Å²) in [6.07, 6.45) is 5.48. The lowest BCUT2D eigenvalue weighted by atomic mass is 9.97. The first kappa shape index (κ1) is 16.9. The molecule has 0 bridgehead atoms. The average Bonchev–Trinajstić information content (AvgIpc) is 3.25. The topological polar surface area (TPSA) is 61.8 Å². The van der Waals surface area contributed by atoms with Gasteiger partial charge in [0.05, 0.1) is 25.2 Å². The molecule has 1 heterocycles. The molecular formula is C20H28N2O3. The van der Waals surface area contributed by atoms with Crippen molar-refractivity contribution in [3.8, 4) is 5.75 Å². The fourth-order valence-electron chi connectivity index (χ4n) is 4.57. The van der Waals surface area contributed by atoms with Gasteiger partial charge in [-0.25, -0.2) is 0 Å². The first-order valence-corrected chi connectivity index (χ1v) is 9.55. The van der Waals surface area contributed by atoms with Gasteiger partial charge < -0.3 is 15.2 Å². The third-order valence-electron chi connectivity index (χ3n) is 6.03. The standard InChI is InChI=1S/C20H28N2O3/c1-25-15-5-2-4-13(12-15)19-17(10-11-22(19)14-8-9-14)21-20(24)16-6-3-7-18(16)23/h2,4-5,12,14,16-19,23H,3,6-11H2,1H3,(H,21,24). The zero-order valence-corrected chi connectivity index (χ0v) is 14.9. The van der Waals surface area contributed by atoms with Gasteiger partial charge in [0.25, 0.3) is 0 Å². The number of nitrogens with one attached hydrogen (secondary N) is 1. The molecule has 2 aliphatic carbocycles. The summed E-state index contributed by atoms with van der Waals surface area (Å²) in [5, 5.41) is 13.3. The average molecular weight is 344 g/mol. The number of aliphatic hydroxyl groups excluding tert-OH is 1. The highest BCUT2D eigenvalue weighted by Crippen LogP contribution is 2.42. The van der Waals surface area contributed by atoms with Crippen molar-refractivity contribution in [2.75, 3.05) is 13.7 Å². The van der Waals surface area contributed by atoms with E-state index in [-0.39, 0.29) is 23.9 Å². The van der Waals surface area contributed by atoms with E-state index in [1.807, 2.05) is 12.1 Å². The Labute approximate surface area is 149 Å². The molecule has 1 saturated heterocycles. The second-order valence-electron chi connectivity index (χ2n) is 7.70. The summed E-state index contributed by atoms with van der Waals surface area (Å²) in [6.45, 7) is 1.02. The van der Waals surface area contributed by atoms with Crippen LogP contribution in [0.2, 0.25) is 0 Å². The summed E-state index contributed by atoms with van der Waals surface area (Å²) in [5.74, 6) is 0.651. The molecule has 0 aromatic heterocycles. The van der Waals surface area contributed by atoms with Crippen molar-refractivity contribution in [3.05, 3.63) is 29.8 Å². The summed E-state index contributed by atoms with van der Waals surface area (Å²) in [6, 6.07) is 9.17. The number of carbonyl (C=O) groups is 1. The van der Waals surface area contributed by atoms with Gasteiger partial charge >= 0.3 is 0 Å². The van der Waals surface area contributed by atoms with Crippen molar-refractivity contribution in [3.63, 3.8) is 0 Å². The Morgan fingerprint density at radius 3 is 2.76 bits per heavy atom. The van der Waals surface area contributed by atoms with Gasteiger partial charge in [0.1, 0.15) is 5.75 Å². The molecule has 5 nitrogen and oxygen atoms in total. The van der Waals surface area contributed by atoms with E-state index < -0.39 is 6.10 Å². The van der Waals surface area contributed by atoms with Gasteiger partial charge in [-0.2, -0.15) is 0 Å². The normalized spacial score (nSPS) is 32.7. The van der Waals surface area contributed by atoms with Crippen LogP contribution in [0.4, 0.5) is 0 Å². The number of ether oxygens (including phenoxy) is 1. The maximum Gasteiger partial charge on any atom is 0.226 e. The maximum absolute atomic E-state index is 12.7. The highest BCUT2D eigenvalue weighted by molar-refractivity contribution is 5.80. The minimum Gasteiger partial charge on any atom is -0.497 e. The Bertz CT molecular complexity index is 631. The van der Waals surface area contributed by atoms with E-state index in [1.54, 1.807) is 7.11 Å². The fraction of sp³-hybridized carbons (Fsp3) is 0.650. The molecular weight excluding hydrogens is 316 g/mol. The van der Waals surface area contributed by atoms with Crippen molar-refractivity contribution in [1.29, 1.82) is 0 Å². The first-order chi connectivity index (χ1) is 12.2. The van der Waals surface area contributed by atoms with E-state index in [0.29, 0.717) is 6.04 Å². The number of rotatable bonds is 5. The minimum absolute atomic E-state index is 0.0283. The molecule has 1 aliphatic heterocycles. The predicted molar refractivity (Wildman–Crippen MR) is 95.4 cm³/mol. The lowest BCUT2D eigenvalue weighted by Gasteiger charge is -2.30. The second-order valence-corrected chi connectivity index (χ2v) is 7.70. The van der Waals surface area contributed by atoms with Gasteiger partial charge in [0.15, 0.2) is 0 Å². The van der Waals surface area contributed by atoms with E-state index in [0.717, 1.165) is 38.0 Å². The van der Waals surface area contributed by atoms with Gasteiger partial charge in [0.2, 0.25) is 5.91 Å². The fourth-order valence-corrected chi connectivity index (χ4v) is 4.57. The van der Waals surface area contributed by atoms with Crippen LogP contribution in [0.15, 0.2) is 24.3 Å². The number of hydrogen-bond donors (Lipinski definition) is 2. The van der Waals surface area contributed by atoms with E-state index in [4.69, 9.17) is 4.74 Å². The van der Waals surface area contributed by atoms with Crippen LogP contribution in [-0.2, 0) is 4.79 Å². The van der Waals surface area contributed by atoms with Crippen molar-refractivity contribution in [2.24, 2.45) is 5.92 Å². The predicted octanol–water partition coefficient (Wildman–Crippen LogP) is 2.25. The van der Waals surface area contributed by atoms with Gasteiger partial charge in [-0.1, -0.05) is 12.1 Å². The molecule has 4 unspecified atom stereocenters. The van der Waals surface area contributed by atoms with Gasteiger partial charge in [-0.3, -0.25) is 9.69 Å². The van der Waals surface area contributed by atoms with Crippen LogP contribution in [0.3, 0.4) is 0 Å². The Morgan fingerprint density at radius 2 is 2.08 bits per heavy atom. The van der Waals surface area contributed by atoms with Crippen LogP contribution in [0, 0.1) is 5.92 Å². The lowest BCUT2D eigenvalue weighted by Crippen LogP contribution is -2.44. The first-order valence-electron chi connectivity index (χ1n) is 9.55. The third kappa shape index (κ3) is 3.40. The number of likely N-dealkylation sites (tertiary alicyclic amines) is 1. The molecule has 1 amide bonds. The zero-order chi connectivity index (χ0) is 17.4. The van der Waals surface area contributed by atoms with Gasteiger partial charge in [-0.05, 0) is 56.2 Å². The van der Waals surface area contributed by atoms with E-state index >= 15 is 0 Å². The summed E-state index contributed by atoms with van der Waals surface area (Å²) in [5.41, 5.74) is 1.21. The van der Waals surface area contributed by atoms with E-state index in [1.165, 1.54) is 18.4 Å². The highest BCUT2D eigenvalue weighted by atomic mass is 16.5. The van der Waals surface area contributed by atoms with E-state index in [9.17, 15) is 9.90 Å². The molecule has 136 valence electrons. The second kappa shape index (κ2) is 6.96. The van der Waals surface area contributed by atoms with Crippen molar-refractivity contribution >= 4 is 5.91 Å². The largest absolute Gasteiger partial charge is 0.497 e. The maximum atomic E-state index is 12.7. The molecule has 4 rings (SSSR count). The summed E-state index contributed by atoms with van der Waals surface area (Å²) in [4.78, 5) is 15.2. The molecule has 1 aromatic carbocycles.